The van der Waals surface area contributed by atoms with Crippen molar-refractivity contribution in [2.45, 2.75) is 258 Å². The van der Waals surface area contributed by atoms with Crippen LogP contribution in [0.5, 0.6) is 0 Å². The molecule has 0 bridgehead atoms. The first-order valence-corrected chi connectivity index (χ1v) is 25.1. The zero-order valence-electron chi connectivity index (χ0n) is 39.0. The van der Waals surface area contributed by atoms with Crippen LogP contribution in [0.4, 0.5) is 0 Å². The van der Waals surface area contributed by atoms with Gasteiger partial charge in [0.05, 0.1) is 0 Å². The van der Waals surface area contributed by atoms with Gasteiger partial charge in [-0.05, 0) is 70.6 Å². The summed E-state index contributed by atoms with van der Waals surface area (Å²) in [5.74, 6) is -0.950. The van der Waals surface area contributed by atoms with Crippen molar-refractivity contribution in [2.75, 3.05) is 13.2 Å². The molecule has 0 radical (unpaired) electrons. The van der Waals surface area contributed by atoms with Gasteiger partial charge in [0.15, 0.2) is 6.10 Å². The fraction of sp³-hybridized carbons (Fsp3) is 0.792. The molecular weight excluding hydrogens is 733 g/mol. The monoisotopic (exact) mass is 827 g/mol. The van der Waals surface area contributed by atoms with Crippen LogP contribution in [-0.2, 0) is 28.6 Å². The standard InChI is InChI=1S/C53H94O6/c1-4-7-10-13-16-19-22-24-25-26-27-29-32-34-37-40-43-46-52(55)58-49-50(59-53(56)47-44-41-38-35-30-21-18-15-12-9-6-3)48-57-51(54)45-42-39-36-33-31-28-23-20-17-14-11-8-5-2/h15,18,24-25,27,29,34,37,50H,4-14,16-17,19-23,26,28,30-33,35-36,38-49H2,1-3H3/b18-15-,25-24-,29-27-,37-34-/t50-/m0/s1. The molecule has 0 aliphatic carbocycles. The highest BCUT2D eigenvalue weighted by molar-refractivity contribution is 5.71. The van der Waals surface area contributed by atoms with Gasteiger partial charge >= 0.3 is 17.9 Å². The van der Waals surface area contributed by atoms with E-state index in [4.69, 9.17) is 14.2 Å². The summed E-state index contributed by atoms with van der Waals surface area (Å²) in [6, 6.07) is 0. The van der Waals surface area contributed by atoms with Crippen molar-refractivity contribution in [1.29, 1.82) is 0 Å². The Hall–Kier alpha value is -2.63. The predicted octanol–water partition coefficient (Wildman–Crippen LogP) is 16.3. The predicted molar refractivity (Wildman–Crippen MR) is 252 cm³/mol. The minimum atomic E-state index is -0.793. The Morgan fingerprint density at radius 1 is 0.339 bits per heavy atom. The Kier molecular flexibility index (Phi) is 45.9. The molecule has 59 heavy (non-hydrogen) atoms. The zero-order valence-corrected chi connectivity index (χ0v) is 39.0. The van der Waals surface area contributed by atoms with Gasteiger partial charge < -0.3 is 14.2 Å². The van der Waals surface area contributed by atoms with Crippen LogP contribution >= 0.6 is 0 Å². The normalized spacial score (nSPS) is 12.4. The second-order valence-corrected chi connectivity index (χ2v) is 16.7. The molecule has 0 aromatic heterocycles. The summed E-state index contributed by atoms with van der Waals surface area (Å²) in [5.41, 5.74) is 0. The van der Waals surface area contributed by atoms with Crippen molar-refractivity contribution >= 4 is 17.9 Å². The van der Waals surface area contributed by atoms with E-state index in [2.05, 4.69) is 69.4 Å². The van der Waals surface area contributed by atoms with E-state index < -0.39 is 6.10 Å². The Balaban J connectivity index is 4.42. The van der Waals surface area contributed by atoms with Gasteiger partial charge in [-0.15, -0.1) is 0 Å². The second-order valence-electron chi connectivity index (χ2n) is 16.7. The van der Waals surface area contributed by atoms with E-state index in [1.165, 1.54) is 135 Å². The quantitative estimate of drug-likeness (QED) is 0.0263. The van der Waals surface area contributed by atoms with Crippen LogP contribution in [0.3, 0.4) is 0 Å². The van der Waals surface area contributed by atoms with E-state index in [1.54, 1.807) is 0 Å². The molecule has 0 spiro atoms. The van der Waals surface area contributed by atoms with Crippen molar-refractivity contribution in [2.24, 2.45) is 0 Å². The lowest BCUT2D eigenvalue weighted by atomic mass is 10.0. The first kappa shape index (κ1) is 56.4. The summed E-state index contributed by atoms with van der Waals surface area (Å²) in [6.45, 7) is 6.55. The van der Waals surface area contributed by atoms with Crippen LogP contribution in [0, 0.1) is 0 Å². The SMILES string of the molecule is CCCC/C=C\CCCCCCCC(=O)O[C@H](COC(=O)CCC/C=C\C/C=C\C/C=C\CCCCCCCC)COC(=O)CCCCCCCCCCCCCCC. The number of carbonyl (C=O) groups excluding carboxylic acids is 3. The first-order chi connectivity index (χ1) is 29.0. The number of unbranched alkanes of at least 4 members (excludes halogenated alkanes) is 26. The molecular formula is C53H94O6. The van der Waals surface area contributed by atoms with Crippen LogP contribution < -0.4 is 0 Å². The molecule has 0 aliphatic rings. The van der Waals surface area contributed by atoms with Gasteiger partial charge in [0.2, 0.25) is 0 Å². The number of hydrogen-bond acceptors (Lipinski definition) is 6. The van der Waals surface area contributed by atoms with Crippen LogP contribution in [0.1, 0.15) is 252 Å². The maximum Gasteiger partial charge on any atom is 0.306 e. The highest BCUT2D eigenvalue weighted by Crippen LogP contribution is 2.15. The fourth-order valence-electron chi connectivity index (χ4n) is 6.97. The molecule has 1 atom stereocenters. The van der Waals surface area contributed by atoms with E-state index in [0.717, 1.165) is 70.6 Å². The highest BCUT2D eigenvalue weighted by atomic mass is 16.6. The van der Waals surface area contributed by atoms with Crippen molar-refractivity contribution < 1.29 is 28.6 Å². The van der Waals surface area contributed by atoms with E-state index in [9.17, 15) is 14.4 Å². The number of carbonyl (C=O) groups is 3. The molecule has 0 saturated carbocycles. The van der Waals surface area contributed by atoms with Crippen molar-refractivity contribution in [3.05, 3.63) is 48.6 Å². The van der Waals surface area contributed by atoms with Gasteiger partial charge in [0.1, 0.15) is 13.2 Å². The Labute approximate surface area is 365 Å². The van der Waals surface area contributed by atoms with E-state index >= 15 is 0 Å². The lowest BCUT2D eigenvalue weighted by Gasteiger charge is -2.18. The molecule has 0 unspecified atom stereocenters. The summed E-state index contributed by atoms with van der Waals surface area (Å²) in [4.78, 5) is 37.8. The Morgan fingerprint density at radius 3 is 1.08 bits per heavy atom. The molecule has 0 aromatic rings. The number of allylic oxidation sites excluding steroid dienone is 8. The molecule has 0 rings (SSSR count). The van der Waals surface area contributed by atoms with Crippen LogP contribution in [0.15, 0.2) is 48.6 Å². The van der Waals surface area contributed by atoms with Gasteiger partial charge in [-0.25, -0.2) is 0 Å². The summed E-state index contributed by atoms with van der Waals surface area (Å²) >= 11 is 0. The van der Waals surface area contributed by atoms with Crippen molar-refractivity contribution in [3.63, 3.8) is 0 Å². The topological polar surface area (TPSA) is 78.9 Å². The van der Waals surface area contributed by atoms with Gasteiger partial charge in [0.25, 0.3) is 0 Å². The van der Waals surface area contributed by atoms with Crippen LogP contribution in [0.25, 0.3) is 0 Å². The highest BCUT2D eigenvalue weighted by Gasteiger charge is 2.19. The van der Waals surface area contributed by atoms with Gasteiger partial charge in [-0.1, -0.05) is 211 Å². The Morgan fingerprint density at radius 2 is 0.644 bits per heavy atom. The minimum absolute atomic E-state index is 0.0900. The van der Waals surface area contributed by atoms with Gasteiger partial charge in [0, 0.05) is 19.3 Å². The van der Waals surface area contributed by atoms with Crippen molar-refractivity contribution in [3.8, 4) is 0 Å². The molecule has 342 valence electrons. The number of hydrogen-bond donors (Lipinski definition) is 0. The second kappa shape index (κ2) is 48.0. The zero-order chi connectivity index (χ0) is 43.0. The fourth-order valence-corrected chi connectivity index (χ4v) is 6.97. The lowest BCUT2D eigenvalue weighted by molar-refractivity contribution is -0.167. The lowest BCUT2D eigenvalue weighted by Crippen LogP contribution is -2.30. The maximum atomic E-state index is 12.7. The number of ether oxygens (including phenoxy) is 3. The summed E-state index contributed by atoms with van der Waals surface area (Å²) < 4.78 is 16.7. The smallest absolute Gasteiger partial charge is 0.306 e. The number of rotatable bonds is 45. The molecule has 0 aromatic carbocycles. The maximum absolute atomic E-state index is 12.7. The van der Waals surface area contributed by atoms with Gasteiger partial charge in [-0.3, -0.25) is 14.4 Å². The molecule has 0 saturated heterocycles. The first-order valence-electron chi connectivity index (χ1n) is 25.1. The van der Waals surface area contributed by atoms with E-state index in [-0.39, 0.29) is 37.5 Å². The summed E-state index contributed by atoms with van der Waals surface area (Å²) in [7, 11) is 0. The van der Waals surface area contributed by atoms with E-state index in [0.29, 0.717) is 19.3 Å². The summed E-state index contributed by atoms with van der Waals surface area (Å²) in [6.07, 6.45) is 56.7. The average Bonchev–Trinajstić information content (AvgIpc) is 3.23. The van der Waals surface area contributed by atoms with Crippen molar-refractivity contribution in [1.82, 2.24) is 0 Å². The van der Waals surface area contributed by atoms with Crippen LogP contribution in [-0.4, -0.2) is 37.2 Å². The third-order valence-electron chi connectivity index (χ3n) is 10.8. The molecule has 0 heterocycles. The Bertz CT molecular complexity index is 1040. The number of esters is 3. The van der Waals surface area contributed by atoms with E-state index in [1.807, 2.05) is 0 Å². The summed E-state index contributed by atoms with van der Waals surface area (Å²) in [5, 5.41) is 0. The minimum Gasteiger partial charge on any atom is -0.462 e. The van der Waals surface area contributed by atoms with Crippen LogP contribution in [0.2, 0.25) is 0 Å². The molecule has 0 amide bonds. The molecule has 6 nitrogen and oxygen atoms in total. The molecule has 0 aliphatic heterocycles. The largest absolute Gasteiger partial charge is 0.462 e. The average molecular weight is 827 g/mol. The third kappa shape index (κ3) is 46.3. The molecule has 0 fully saturated rings. The molecule has 0 N–H and O–H groups in total. The van der Waals surface area contributed by atoms with Gasteiger partial charge in [-0.2, -0.15) is 0 Å². The third-order valence-corrected chi connectivity index (χ3v) is 10.8. The molecule has 6 heteroatoms.